The third-order valence-electron chi connectivity index (χ3n) is 4.72. The molecule has 0 spiro atoms. The van der Waals surface area contributed by atoms with Crippen molar-refractivity contribution in [3.8, 4) is 5.75 Å². The molecule has 1 aliphatic heterocycles. The van der Waals surface area contributed by atoms with Crippen LogP contribution in [0.5, 0.6) is 5.75 Å². The van der Waals surface area contributed by atoms with Crippen molar-refractivity contribution in [2.24, 2.45) is 0 Å². The molecule has 1 unspecified atom stereocenters. The second-order valence-corrected chi connectivity index (χ2v) is 6.84. The molecule has 1 fully saturated rings. The fourth-order valence-electron chi connectivity index (χ4n) is 3.22. The van der Waals surface area contributed by atoms with Crippen LogP contribution in [0.3, 0.4) is 0 Å². The van der Waals surface area contributed by atoms with E-state index in [2.05, 4.69) is 0 Å². The normalized spacial score (nSPS) is 20.8. The highest BCUT2D eigenvalue weighted by Gasteiger charge is 2.32. The second-order valence-electron chi connectivity index (χ2n) is 6.84. The molecule has 0 radical (unpaired) electrons. The number of carbonyl (C=O) groups excluding carboxylic acids is 1. The van der Waals surface area contributed by atoms with Crippen molar-refractivity contribution >= 4 is 5.91 Å². The molecule has 2 aromatic rings. The summed E-state index contributed by atoms with van der Waals surface area (Å²) in [5.41, 5.74) is 0.900. The summed E-state index contributed by atoms with van der Waals surface area (Å²) >= 11 is 0. The molecule has 1 N–H and O–H groups in total. The van der Waals surface area contributed by atoms with Crippen LogP contribution in [0.2, 0.25) is 0 Å². The minimum absolute atomic E-state index is 0.0388. The summed E-state index contributed by atoms with van der Waals surface area (Å²) < 4.78 is 5.75. The van der Waals surface area contributed by atoms with Crippen molar-refractivity contribution in [2.45, 2.75) is 31.8 Å². The number of likely N-dealkylation sites (tertiary alicyclic amines) is 1. The Labute approximate surface area is 149 Å². The fourth-order valence-corrected chi connectivity index (χ4v) is 3.22. The van der Waals surface area contributed by atoms with E-state index in [1.54, 1.807) is 0 Å². The fraction of sp³-hybridized carbons (Fsp3) is 0.381. The second kappa shape index (κ2) is 7.70. The molecule has 25 heavy (non-hydrogen) atoms. The predicted molar refractivity (Wildman–Crippen MR) is 97.8 cm³/mol. The van der Waals surface area contributed by atoms with Gasteiger partial charge >= 0.3 is 0 Å². The number of aryl methyl sites for hydroxylation is 1. The van der Waals surface area contributed by atoms with E-state index in [9.17, 15) is 9.90 Å². The maximum atomic E-state index is 12.7. The minimum atomic E-state index is -0.891. The van der Waals surface area contributed by atoms with E-state index in [1.165, 1.54) is 0 Å². The standard InChI is InChI=1S/C21H25NO3/c1-17-7-5-8-18(15-17)20(23)22-13-6-11-21(24,12-14-22)16-25-19-9-3-2-4-10-19/h2-5,7-10,15,24H,6,11-14,16H2,1H3. The molecule has 0 aliphatic carbocycles. The average molecular weight is 339 g/mol. The van der Waals surface area contributed by atoms with Gasteiger partial charge in [-0.1, -0.05) is 35.9 Å². The Morgan fingerprint density at radius 2 is 1.92 bits per heavy atom. The molecule has 1 amide bonds. The summed E-state index contributed by atoms with van der Waals surface area (Å²) in [4.78, 5) is 14.6. The van der Waals surface area contributed by atoms with E-state index in [0.29, 0.717) is 31.5 Å². The van der Waals surface area contributed by atoms with Crippen LogP contribution in [0.4, 0.5) is 0 Å². The highest BCUT2D eigenvalue weighted by atomic mass is 16.5. The third kappa shape index (κ3) is 4.60. The maximum Gasteiger partial charge on any atom is 0.253 e. The molecule has 0 saturated carbocycles. The summed E-state index contributed by atoms with van der Waals surface area (Å²) in [5.74, 6) is 0.796. The lowest BCUT2D eigenvalue weighted by Crippen LogP contribution is -2.38. The van der Waals surface area contributed by atoms with Gasteiger partial charge in [0.2, 0.25) is 0 Å². The first-order chi connectivity index (χ1) is 12.1. The Kier molecular flexibility index (Phi) is 5.39. The molecular weight excluding hydrogens is 314 g/mol. The Morgan fingerprint density at radius 3 is 2.68 bits per heavy atom. The zero-order chi connectivity index (χ0) is 17.7. The molecule has 2 aromatic carbocycles. The van der Waals surface area contributed by atoms with Crippen LogP contribution >= 0.6 is 0 Å². The van der Waals surface area contributed by atoms with E-state index in [4.69, 9.17) is 4.74 Å². The highest BCUT2D eigenvalue weighted by Crippen LogP contribution is 2.25. The van der Waals surface area contributed by atoms with Crippen molar-refractivity contribution < 1.29 is 14.6 Å². The van der Waals surface area contributed by atoms with E-state index >= 15 is 0 Å². The quantitative estimate of drug-likeness (QED) is 0.928. The largest absolute Gasteiger partial charge is 0.491 e. The number of carbonyl (C=O) groups is 1. The lowest BCUT2D eigenvalue weighted by molar-refractivity contribution is -0.0163. The van der Waals surface area contributed by atoms with Gasteiger partial charge in [-0.15, -0.1) is 0 Å². The number of para-hydroxylation sites is 1. The number of hydrogen-bond donors (Lipinski definition) is 1. The van der Waals surface area contributed by atoms with E-state index in [-0.39, 0.29) is 12.5 Å². The van der Waals surface area contributed by atoms with E-state index in [1.807, 2.05) is 66.4 Å². The Morgan fingerprint density at radius 1 is 1.12 bits per heavy atom. The van der Waals surface area contributed by atoms with Crippen LogP contribution in [-0.4, -0.2) is 41.2 Å². The average Bonchev–Trinajstić information content (AvgIpc) is 2.83. The first-order valence-electron chi connectivity index (χ1n) is 8.82. The molecule has 4 heteroatoms. The monoisotopic (exact) mass is 339 g/mol. The number of nitrogens with zero attached hydrogens (tertiary/aromatic N) is 1. The number of benzene rings is 2. The number of rotatable bonds is 4. The van der Waals surface area contributed by atoms with Crippen LogP contribution in [0.15, 0.2) is 54.6 Å². The molecule has 0 bridgehead atoms. The zero-order valence-corrected chi connectivity index (χ0v) is 14.6. The molecule has 3 rings (SSSR count). The molecular formula is C21H25NO3. The summed E-state index contributed by atoms with van der Waals surface area (Å²) in [6.45, 7) is 3.45. The zero-order valence-electron chi connectivity index (χ0n) is 14.6. The highest BCUT2D eigenvalue weighted by molar-refractivity contribution is 5.94. The summed E-state index contributed by atoms with van der Waals surface area (Å²) in [5, 5.41) is 10.9. The third-order valence-corrected chi connectivity index (χ3v) is 4.72. The number of ether oxygens (including phenoxy) is 1. The molecule has 1 heterocycles. The Bertz CT molecular complexity index is 716. The molecule has 0 aromatic heterocycles. The van der Waals surface area contributed by atoms with Crippen molar-refractivity contribution in [3.05, 3.63) is 65.7 Å². The predicted octanol–water partition coefficient (Wildman–Crippen LogP) is 3.43. The van der Waals surface area contributed by atoms with Crippen LogP contribution in [-0.2, 0) is 0 Å². The van der Waals surface area contributed by atoms with Crippen molar-refractivity contribution in [1.29, 1.82) is 0 Å². The van der Waals surface area contributed by atoms with Gasteiger partial charge in [-0.05, 0) is 50.5 Å². The number of hydrogen-bond acceptors (Lipinski definition) is 3. The smallest absolute Gasteiger partial charge is 0.253 e. The van der Waals surface area contributed by atoms with E-state index in [0.717, 1.165) is 17.7 Å². The number of amides is 1. The van der Waals surface area contributed by atoms with Gasteiger partial charge in [-0.2, -0.15) is 0 Å². The SMILES string of the molecule is Cc1cccc(C(=O)N2CCCC(O)(COc3ccccc3)CC2)c1. The molecule has 1 aliphatic rings. The Hall–Kier alpha value is -2.33. The van der Waals surface area contributed by atoms with Gasteiger partial charge in [0, 0.05) is 18.7 Å². The van der Waals surface area contributed by atoms with Crippen molar-refractivity contribution in [1.82, 2.24) is 4.90 Å². The van der Waals surface area contributed by atoms with Gasteiger partial charge in [0.1, 0.15) is 18.0 Å². The van der Waals surface area contributed by atoms with Crippen LogP contribution in [0.25, 0.3) is 0 Å². The van der Waals surface area contributed by atoms with Crippen LogP contribution in [0.1, 0.15) is 35.2 Å². The van der Waals surface area contributed by atoms with Crippen LogP contribution in [0, 0.1) is 6.92 Å². The summed E-state index contributed by atoms with van der Waals surface area (Å²) in [7, 11) is 0. The van der Waals surface area contributed by atoms with Gasteiger partial charge < -0.3 is 14.7 Å². The lowest BCUT2D eigenvalue weighted by Gasteiger charge is -2.27. The van der Waals surface area contributed by atoms with Crippen molar-refractivity contribution in [2.75, 3.05) is 19.7 Å². The first kappa shape index (κ1) is 17.5. The molecule has 1 atom stereocenters. The lowest BCUT2D eigenvalue weighted by atomic mass is 9.96. The van der Waals surface area contributed by atoms with Gasteiger partial charge in [0.25, 0.3) is 5.91 Å². The molecule has 4 nitrogen and oxygen atoms in total. The van der Waals surface area contributed by atoms with E-state index < -0.39 is 5.60 Å². The topological polar surface area (TPSA) is 49.8 Å². The minimum Gasteiger partial charge on any atom is -0.491 e. The first-order valence-corrected chi connectivity index (χ1v) is 8.82. The van der Waals surface area contributed by atoms with Gasteiger partial charge in [0.05, 0.1) is 0 Å². The van der Waals surface area contributed by atoms with Crippen molar-refractivity contribution in [3.63, 3.8) is 0 Å². The summed E-state index contributed by atoms with van der Waals surface area (Å²) in [6.07, 6.45) is 1.93. The van der Waals surface area contributed by atoms with Gasteiger partial charge in [-0.3, -0.25) is 4.79 Å². The van der Waals surface area contributed by atoms with Gasteiger partial charge in [0.15, 0.2) is 0 Å². The molecule has 132 valence electrons. The van der Waals surface area contributed by atoms with Gasteiger partial charge in [-0.25, -0.2) is 0 Å². The molecule has 1 saturated heterocycles. The maximum absolute atomic E-state index is 12.7. The van der Waals surface area contributed by atoms with Crippen LogP contribution < -0.4 is 4.74 Å². The number of aliphatic hydroxyl groups is 1. The Balaban J connectivity index is 1.60. The summed E-state index contributed by atoms with van der Waals surface area (Å²) in [6, 6.07) is 17.2.